The Morgan fingerprint density at radius 1 is 0.885 bits per heavy atom. The highest BCUT2D eigenvalue weighted by Crippen LogP contribution is 2.39. The molecule has 0 aromatic heterocycles. The van der Waals surface area contributed by atoms with Gasteiger partial charge in [0, 0.05) is 0 Å². The van der Waals surface area contributed by atoms with Crippen LogP contribution in [-0.2, 0) is 13.6 Å². The quantitative estimate of drug-likeness (QED) is 0.401. The summed E-state index contributed by atoms with van der Waals surface area (Å²) in [4.78, 5) is 11.1. The maximum Gasteiger partial charge on any atom is 0.192 e. The third-order valence-corrected chi connectivity index (χ3v) is 14.8. The lowest BCUT2D eigenvalue weighted by Crippen LogP contribution is -2.55. The second-order valence-electron chi connectivity index (χ2n) is 10.1. The van der Waals surface area contributed by atoms with Crippen molar-refractivity contribution in [3.63, 3.8) is 0 Å². The van der Waals surface area contributed by atoms with Gasteiger partial charge in [0.05, 0.1) is 6.61 Å². The first kappa shape index (κ1) is 25.9. The van der Waals surface area contributed by atoms with Crippen molar-refractivity contribution in [1.82, 2.24) is 0 Å². The predicted molar refractivity (Wildman–Crippen MR) is 109 cm³/mol. The maximum absolute atomic E-state index is 11.1. The van der Waals surface area contributed by atoms with Gasteiger partial charge in [0.15, 0.2) is 22.9 Å². The van der Waals surface area contributed by atoms with Gasteiger partial charge in [-0.05, 0) is 36.3 Å². The smallest absolute Gasteiger partial charge is 0.192 e. The summed E-state index contributed by atoms with van der Waals surface area (Å²) in [6, 6.07) is 0. The largest absolute Gasteiger partial charge is 0.414 e. The number of hydrogen-bond donors (Lipinski definition) is 3. The first-order valence-electron chi connectivity index (χ1n) is 9.18. The van der Waals surface area contributed by atoms with Crippen molar-refractivity contribution in [2.45, 2.75) is 102 Å². The van der Waals surface area contributed by atoms with Gasteiger partial charge in [-0.1, -0.05) is 41.5 Å². The van der Waals surface area contributed by atoms with E-state index in [0.29, 0.717) is 6.29 Å². The molecule has 0 unspecified atom stereocenters. The Bertz CT molecular complexity index is 454. The molecule has 0 saturated carbocycles. The van der Waals surface area contributed by atoms with E-state index in [-0.39, 0.29) is 16.7 Å². The molecule has 3 N–H and O–H groups in total. The van der Waals surface area contributed by atoms with Crippen LogP contribution in [0.5, 0.6) is 0 Å². The monoisotopic (exact) mass is 408 g/mol. The number of rotatable bonds is 9. The second-order valence-corrected chi connectivity index (χ2v) is 19.7. The highest BCUT2D eigenvalue weighted by molar-refractivity contribution is 6.74. The van der Waals surface area contributed by atoms with Crippen molar-refractivity contribution in [2.75, 3.05) is 6.61 Å². The average Bonchev–Trinajstić information content (AvgIpc) is 2.46. The molecule has 26 heavy (non-hydrogen) atoms. The van der Waals surface area contributed by atoms with Crippen molar-refractivity contribution in [2.24, 2.45) is 0 Å². The molecule has 0 fully saturated rings. The summed E-state index contributed by atoms with van der Waals surface area (Å²) in [5, 5.41) is 30.8. The molecule has 0 aromatic carbocycles. The molecule has 0 radical (unpaired) electrons. The fourth-order valence-corrected chi connectivity index (χ4v) is 4.10. The fourth-order valence-electron chi connectivity index (χ4n) is 1.76. The van der Waals surface area contributed by atoms with Crippen LogP contribution >= 0.6 is 0 Å². The van der Waals surface area contributed by atoms with Gasteiger partial charge in [-0.2, -0.15) is 0 Å². The third-order valence-electron chi connectivity index (χ3n) is 5.86. The zero-order chi connectivity index (χ0) is 21.1. The topological polar surface area (TPSA) is 96.2 Å². The molecule has 8 heteroatoms. The number of aliphatic hydroxyl groups excluding tert-OH is 3. The van der Waals surface area contributed by atoms with E-state index in [9.17, 15) is 20.1 Å². The second kappa shape index (κ2) is 8.94. The standard InChI is InChI=1S/C18H40O6Si2/c1-17(2,3)25(7,8)23-12-14(21)15(22)16(13(20)11-19)24-26(9,10)18(4,5)6/h11,13-16,20-22H,12H2,1-10H3/t13-,14+,15+,16+/m0/s1. The van der Waals surface area contributed by atoms with Crippen LogP contribution in [0.15, 0.2) is 0 Å². The van der Waals surface area contributed by atoms with Crippen LogP contribution in [0, 0.1) is 0 Å². The maximum atomic E-state index is 11.1. The molecule has 0 aliphatic rings. The Labute approximate surface area is 161 Å². The molecule has 0 rings (SSSR count). The lowest BCUT2D eigenvalue weighted by Gasteiger charge is -2.42. The van der Waals surface area contributed by atoms with E-state index < -0.39 is 41.1 Å². The van der Waals surface area contributed by atoms with Crippen LogP contribution in [0.1, 0.15) is 41.5 Å². The summed E-state index contributed by atoms with van der Waals surface area (Å²) in [6.07, 6.45) is -5.04. The minimum Gasteiger partial charge on any atom is -0.414 e. The van der Waals surface area contributed by atoms with E-state index in [1.54, 1.807) is 0 Å². The zero-order valence-corrected chi connectivity index (χ0v) is 20.2. The van der Waals surface area contributed by atoms with Crippen molar-refractivity contribution in [3.05, 3.63) is 0 Å². The SMILES string of the molecule is CC(C)(C)[Si](C)(C)OC[C@@H](O)[C@@H](O)[C@H](O[Si](C)(C)C(C)(C)C)[C@@H](O)C=O. The third kappa shape index (κ3) is 6.81. The Balaban J connectivity index is 5.26. The molecule has 0 bridgehead atoms. The minimum absolute atomic E-state index is 0.0307. The summed E-state index contributed by atoms with van der Waals surface area (Å²) in [5.41, 5.74) is 0. The van der Waals surface area contributed by atoms with Crippen LogP contribution < -0.4 is 0 Å². The van der Waals surface area contributed by atoms with Crippen molar-refractivity contribution >= 4 is 22.9 Å². The van der Waals surface area contributed by atoms with E-state index in [1.807, 2.05) is 33.9 Å². The lowest BCUT2D eigenvalue weighted by molar-refractivity contribution is -0.133. The zero-order valence-electron chi connectivity index (χ0n) is 18.2. The number of aliphatic hydroxyl groups is 3. The fraction of sp³-hybridized carbons (Fsp3) is 0.944. The molecule has 6 nitrogen and oxygen atoms in total. The Hall–Kier alpha value is -0.0962. The van der Waals surface area contributed by atoms with Gasteiger partial charge < -0.3 is 29.0 Å². The summed E-state index contributed by atoms with van der Waals surface area (Å²) < 4.78 is 12.0. The molecule has 156 valence electrons. The number of hydrogen-bond acceptors (Lipinski definition) is 6. The summed E-state index contributed by atoms with van der Waals surface area (Å²) >= 11 is 0. The summed E-state index contributed by atoms with van der Waals surface area (Å²) in [6.45, 7) is 20.3. The molecular weight excluding hydrogens is 368 g/mol. The van der Waals surface area contributed by atoms with E-state index in [1.165, 1.54) is 0 Å². The molecule has 0 aromatic rings. The van der Waals surface area contributed by atoms with E-state index in [0.717, 1.165) is 0 Å². The molecular formula is C18H40O6Si2. The van der Waals surface area contributed by atoms with E-state index in [2.05, 4.69) is 33.9 Å². The summed E-state index contributed by atoms with van der Waals surface area (Å²) in [7, 11) is -4.46. The van der Waals surface area contributed by atoms with Crippen LogP contribution in [0.2, 0.25) is 36.3 Å². The van der Waals surface area contributed by atoms with E-state index >= 15 is 0 Å². The molecule has 0 aliphatic carbocycles. The molecule has 4 atom stereocenters. The Morgan fingerprint density at radius 3 is 1.65 bits per heavy atom. The number of carbonyl (C=O) groups is 1. The molecule has 0 aliphatic heterocycles. The lowest BCUT2D eigenvalue weighted by atomic mass is 10.0. The molecule has 0 spiro atoms. The van der Waals surface area contributed by atoms with Crippen LogP contribution in [0.25, 0.3) is 0 Å². The van der Waals surface area contributed by atoms with Gasteiger partial charge in [0.1, 0.15) is 24.4 Å². The summed E-state index contributed by atoms with van der Waals surface area (Å²) in [5.74, 6) is 0. The predicted octanol–water partition coefficient (Wildman–Crippen LogP) is 2.68. The number of carbonyl (C=O) groups excluding carboxylic acids is 1. The number of aldehydes is 1. The van der Waals surface area contributed by atoms with Gasteiger partial charge in [-0.25, -0.2) is 0 Å². The molecule has 0 amide bonds. The van der Waals surface area contributed by atoms with Crippen molar-refractivity contribution < 1.29 is 29.0 Å². The highest BCUT2D eigenvalue weighted by Gasteiger charge is 2.44. The van der Waals surface area contributed by atoms with Crippen molar-refractivity contribution in [1.29, 1.82) is 0 Å². The Morgan fingerprint density at radius 2 is 1.31 bits per heavy atom. The first-order valence-corrected chi connectivity index (χ1v) is 15.0. The minimum atomic E-state index is -2.37. The van der Waals surface area contributed by atoms with Crippen molar-refractivity contribution in [3.8, 4) is 0 Å². The normalized spacial score (nSPS) is 19.0. The molecule has 0 heterocycles. The van der Waals surface area contributed by atoms with E-state index in [4.69, 9.17) is 8.85 Å². The van der Waals surface area contributed by atoms with Gasteiger partial charge in [-0.15, -0.1) is 0 Å². The van der Waals surface area contributed by atoms with Gasteiger partial charge >= 0.3 is 0 Å². The van der Waals surface area contributed by atoms with Crippen LogP contribution in [-0.4, -0.2) is 69.3 Å². The molecule has 0 saturated heterocycles. The first-order chi connectivity index (χ1) is 11.4. The van der Waals surface area contributed by atoms with Gasteiger partial charge in [0.25, 0.3) is 0 Å². The van der Waals surface area contributed by atoms with Gasteiger partial charge in [-0.3, -0.25) is 0 Å². The average molecular weight is 409 g/mol. The van der Waals surface area contributed by atoms with Crippen LogP contribution in [0.3, 0.4) is 0 Å². The Kier molecular flexibility index (Phi) is 8.90. The highest BCUT2D eigenvalue weighted by atomic mass is 28.4. The van der Waals surface area contributed by atoms with Gasteiger partial charge in [0.2, 0.25) is 0 Å². The van der Waals surface area contributed by atoms with Crippen LogP contribution in [0.4, 0.5) is 0 Å².